The van der Waals surface area contributed by atoms with Gasteiger partial charge in [0.1, 0.15) is 5.60 Å². The first-order chi connectivity index (χ1) is 6.54. The van der Waals surface area contributed by atoms with Crippen LogP contribution in [0.1, 0.15) is 41.5 Å². The lowest BCUT2D eigenvalue weighted by molar-refractivity contribution is -0.122. The second-order valence-corrected chi connectivity index (χ2v) is 4.93. The van der Waals surface area contributed by atoms with Gasteiger partial charge in [-0.3, -0.25) is 10.2 Å². The maximum Gasteiger partial charge on any atom is 0.422 e. The molecule has 5 nitrogen and oxygen atoms in total. The van der Waals surface area contributed by atoms with E-state index in [1.807, 2.05) is 0 Å². The molecule has 0 radical (unpaired) electrons. The van der Waals surface area contributed by atoms with Crippen LogP contribution in [-0.4, -0.2) is 23.0 Å². The second kappa shape index (κ2) is 4.61. The average Bonchev–Trinajstić information content (AvgIpc) is 1.97. The number of Topliss-reactive ketones (excluding diaryl/α,β-unsaturated/α-hetero) is 1. The molecule has 0 aliphatic heterocycles. The van der Waals surface area contributed by atoms with Crippen LogP contribution < -0.4 is 10.9 Å². The Bertz CT molecular complexity index is 254. The van der Waals surface area contributed by atoms with Gasteiger partial charge in [-0.15, -0.1) is 0 Å². The van der Waals surface area contributed by atoms with E-state index in [1.165, 1.54) is 6.92 Å². The van der Waals surface area contributed by atoms with Gasteiger partial charge in [0, 0.05) is 0 Å². The maximum atomic E-state index is 11.2. The molecule has 0 aromatic heterocycles. The molecule has 15 heavy (non-hydrogen) atoms. The molecule has 0 aromatic carbocycles. The van der Waals surface area contributed by atoms with Gasteiger partial charge in [0.25, 0.3) is 0 Å². The Hall–Kier alpha value is -1.10. The van der Waals surface area contributed by atoms with Crippen molar-refractivity contribution in [2.75, 3.05) is 0 Å². The van der Waals surface area contributed by atoms with Gasteiger partial charge in [-0.05, 0) is 41.5 Å². The topological polar surface area (TPSA) is 67.4 Å². The van der Waals surface area contributed by atoms with Gasteiger partial charge in [-0.25, -0.2) is 10.2 Å². The van der Waals surface area contributed by atoms with Crippen LogP contribution in [0, 0.1) is 0 Å². The highest BCUT2D eigenvalue weighted by Crippen LogP contribution is 2.06. The minimum absolute atomic E-state index is 0.0708. The van der Waals surface area contributed by atoms with E-state index < -0.39 is 17.2 Å². The average molecular weight is 216 g/mol. The molecule has 2 N–H and O–H groups in total. The van der Waals surface area contributed by atoms with Gasteiger partial charge in [0.2, 0.25) is 0 Å². The third kappa shape index (κ3) is 6.06. The summed E-state index contributed by atoms with van der Waals surface area (Å²) in [7, 11) is 0. The van der Waals surface area contributed by atoms with Crippen molar-refractivity contribution in [1.29, 1.82) is 0 Å². The van der Waals surface area contributed by atoms with E-state index in [1.54, 1.807) is 34.6 Å². The van der Waals surface area contributed by atoms with Crippen LogP contribution >= 0.6 is 0 Å². The second-order valence-electron chi connectivity index (χ2n) is 4.93. The van der Waals surface area contributed by atoms with Gasteiger partial charge in [-0.2, -0.15) is 0 Å². The van der Waals surface area contributed by atoms with Crippen LogP contribution in [-0.2, 0) is 9.53 Å². The van der Waals surface area contributed by atoms with Crippen molar-refractivity contribution in [3.8, 4) is 0 Å². The lowest BCUT2D eigenvalue weighted by Crippen LogP contribution is -2.55. The number of nitrogens with one attached hydrogen (secondary N) is 2. The highest BCUT2D eigenvalue weighted by atomic mass is 16.6. The normalized spacial score (nSPS) is 12.1. The largest absolute Gasteiger partial charge is 0.443 e. The molecule has 0 aromatic rings. The van der Waals surface area contributed by atoms with E-state index in [9.17, 15) is 9.59 Å². The van der Waals surface area contributed by atoms with Gasteiger partial charge in [0.05, 0.1) is 5.54 Å². The first kappa shape index (κ1) is 13.9. The van der Waals surface area contributed by atoms with Crippen LogP contribution in [0.2, 0.25) is 0 Å². The number of carbonyl (C=O) groups excluding carboxylic acids is 2. The van der Waals surface area contributed by atoms with Crippen LogP contribution in [0.5, 0.6) is 0 Å². The Balaban J connectivity index is 4.07. The van der Waals surface area contributed by atoms with Gasteiger partial charge < -0.3 is 4.74 Å². The van der Waals surface area contributed by atoms with E-state index in [2.05, 4.69) is 10.9 Å². The summed E-state index contributed by atoms with van der Waals surface area (Å²) in [4.78, 5) is 22.3. The molecule has 0 saturated heterocycles. The molecule has 0 unspecified atom stereocenters. The summed E-state index contributed by atoms with van der Waals surface area (Å²) in [5, 5.41) is 0. The Labute approximate surface area is 90.5 Å². The van der Waals surface area contributed by atoms with E-state index >= 15 is 0 Å². The number of amides is 1. The number of rotatable bonds is 3. The zero-order valence-corrected chi connectivity index (χ0v) is 10.2. The van der Waals surface area contributed by atoms with Gasteiger partial charge in [-0.1, -0.05) is 0 Å². The summed E-state index contributed by atoms with van der Waals surface area (Å²) < 4.78 is 4.99. The minimum Gasteiger partial charge on any atom is -0.443 e. The summed E-state index contributed by atoms with van der Waals surface area (Å²) in [6.07, 6.45) is -0.600. The highest BCUT2D eigenvalue weighted by Gasteiger charge is 2.24. The SMILES string of the molecule is CC(=O)C(C)(C)NNC(=O)OC(C)(C)C. The lowest BCUT2D eigenvalue weighted by atomic mass is 10.0. The molecule has 0 heterocycles. The molecule has 0 spiro atoms. The predicted octanol–water partition coefficient (Wildman–Crippen LogP) is 1.38. The summed E-state index contributed by atoms with van der Waals surface area (Å²) in [6.45, 7) is 10.1. The zero-order valence-electron chi connectivity index (χ0n) is 10.2. The monoisotopic (exact) mass is 216 g/mol. The third-order valence-corrected chi connectivity index (χ3v) is 1.76. The standard InChI is InChI=1S/C10H20N2O3/c1-7(13)10(5,6)12-11-8(14)15-9(2,3)4/h12H,1-6H3,(H,11,14). The van der Waals surface area contributed by atoms with Crippen LogP contribution in [0.3, 0.4) is 0 Å². The van der Waals surface area contributed by atoms with E-state index in [-0.39, 0.29) is 5.78 Å². The Morgan fingerprint density at radius 2 is 1.53 bits per heavy atom. The fourth-order valence-corrected chi connectivity index (χ4v) is 0.599. The fourth-order valence-electron chi connectivity index (χ4n) is 0.599. The quantitative estimate of drug-likeness (QED) is 0.699. The molecule has 5 heteroatoms. The van der Waals surface area contributed by atoms with Crippen molar-refractivity contribution < 1.29 is 14.3 Å². The number of hydrogen-bond donors (Lipinski definition) is 2. The van der Waals surface area contributed by atoms with Gasteiger partial charge >= 0.3 is 6.09 Å². The number of hydrogen-bond acceptors (Lipinski definition) is 4. The lowest BCUT2D eigenvalue weighted by Gasteiger charge is -2.25. The van der Waals surface area contributed by atoms with E-state index in [0.29, 0.717) is 0 Å². The zero-order chi connectivity index (χ0) is 12.3. The number of carbonyl (C=O) groups is 2. The Kier molecular flexibility index (Phi) is 4.27. The first-order valence-electron chi connectivity index (χ1n) is 4.82. The molecule has 0 fully saturated rings. The summed E-state index contributed by atoms with van der Waals surface area (Å²) in [6, 6.07) is 0. The number of ketones is 1. The fraction of sp³-hybridized carbons (Fsp3) is 0.800. The molecule has 0 atom stereocenters. The molecule has 0 aliphatic carbocycles. The van der Waals surface area contributed by atoms with Crippen molar-refractivity contribution >= 4 is 11.9 Å². The molecule has 0 saturated carbocycles. The molecule has 88 valence electrons. The highest BCUT2D eigenvalue weighted by molar-refractivity contribution is 5.85. The Morgan fingerprint density at radius 3 is 1.87 bits per heavy atom. The first-order valence-corrected chi connectivity index (χ1v) is 4.82. The molecule has 0 aliphatic rings. The third-order valence-electron chi connectivity index (χ3n) is 1.76. The van der Waals surface area contributed by atoms with Crippen molar-refractivity contribution in [3.05, 3.63) is 0 Å². The van der Waals surface area contributed by atoms with Crippen molar-refractivity contribution in [2.24, 2.45) is 0 Å². The van der Waals surface area contributed by atoms with Crippen molar-refractivity contribution in [2.45, 2.75) is 52.7 Å². The van der Waals surface area contributed by atoms with Crippen LogP contribution in [0.15, 0.2) is 0 Å². The molecular formula is C10H20N2O3. The number of hydrazine groups is 1. The number of ether oxygens (including phenoxy) is 1. The van der Waals surface area contributed by atoms with Crippen molar-refractivity contribution in [1.82, 2.24) is 10.9 Å². The molecule has 0 rings (SSSR count). The van der Waals surface area contributed by atoms with E-state index in [0.717, 1.165) is 0 Å². The summed E-state index contributed by atoms with van der Waals surface area (Å²) in [5.41, 5.74) is 3.59. The van der Waals surface area contributed by atoms with Crippen LogP contribution in [0.4, 0.5) is 4.79 Å². The van der Waals surface area contributed by atoms with Gasteiger partial charge in [0.15, 0.2) is 5.78 Å². The van der Waals surface area contributed by atoms with Crippen molar-refractivity contribution in [3.63, 3.8) is 0 Å². The Morgan fingerprint density at radius 1 is 1.07 bits per heavy atom. The molecule has 1 amide bonds. The van der Waals surface area contributed by atoms with E-state index in [4.69, 9.17) is 4.74 Å². The smallest absolute Gasteiger partial charge is 0.422 e. The molecular weight excluding hydrogens is 196 g/mol. The van der Waals surface area contributed by atoms with Crippen LogP contribution in [0.25, 0.3) is 0 Å². The summed E-state index contributed by atoms with van der Waals surface area (Å²) >= 11 is 0. The minimum atomic E-state index is -0.795. The summed E-state index contributed by atoms with van der Waals surface area (Å²) in [5.74, 6) is -0.0708. The maximum absolute atomic E-state index is 11.2. The predicted molar refractivity (Wildman–Crippen MR) is 57.3 cm³/mol. The molecule has 0 bridgehead atoms.